The van der Waals surface area contributed by atoms with Crippen molar-refractivity contribution in [2.45, 2.75) is 58.6 Å². The summed E-state index contributed by atoms with van der Waals surface area (Å²) in [5, 5.41) is 8.09. The fourth-order valence-electron chi connectivity index (χ4n) is 3.86. The lowest BCUT2D eigenvalue weighted by molar-refractivity contribution is -0.138. The maximum absolute atomic E-state index is 13.6. The Balaban J connectivity index is 1.82. The van der Waals surface area contributed by atoms with Gasteiger partial charge in [-0.25, -0.2) is 4.98 Å². The molecule has 37 heavy (non-hydrogen) atoms. The Morgan fingerprint density at radius 3 is 2.46 bits per heavy atom. The van der Waals surface area contributed by atoms with E-state index in [4.69, 9.17) is 19.2 Å². The van der Waals surface area contributed by atoms with Crippen molar-refractivity contribution in [3.63, 3.8) is 0 Å². The lowest BCUT2D eigenvalue weighted by atomic mass is 10.1. The van der Waals surface area contributed by atoms with Crippen LogP contribution in [0.2, 0.25) is 18.1 Å². The number of hydrogen-bond donors (Lipinski definition) is 1. The number of benzene rings is 1. The van der Waals surface area contributed by atoms with Crippen LogP contribution in [0, 0.1) is 10.5 Å². The van der Waals surface area contributed by atoms with E-state index in [0.717, 1.165) is 15.5 Å². The van der Waals surface area contributed by atoms with Gasteiger partial charge in [0.15, 0.2) is 25.6 Å². The lowest BCUT2D eigenvalue weighted by Gasteiger charge is -2.36. The van der Waals surface area contributed by atoms with Gasteiger partial charge in [0.25, 0.3) is 0 Å². The average Bonchev–Trinajstić information content (AvgIpc) is 3.16. The van der Waals surface area contributed by atoms with Crippen molar-refractivity contribution in [1.29, 1.82) is 0 Å². The fraction of sp³-hybridized carbons (Fsp3) is 0.520. The van der Waals surface area contributed by atoms with E-state index in [-0.39, 0.29) is 17.2 Å². The molecule has 4 rings (SSSR count). The van der Waals surface area contributed by atoms with Gasteiger partial charge in [-0.3, -0.25) is 0 Å². The molecule has 1 fully saturated rings. The summed E-state index contributed by atoms with van der Waals surface area (Å²) < 4.78 is 55.4. The molecule has 0 amide bonds. The van der Waals surface area contributed by atoms with Gasteiger partial charge in [-0.15, -0.1) is 5.10 Å². The van der Waals surface area contributed by atoms with Crippen molar-refractivity contribution in [1.82, 2.24) is 14.6 Å². The van der Waals surface area contributed by atoms with Crippen molar-refractivity contribution in [3.8, 4) is 0 Å². The number of hydrogen-bond acceptors (Lipinski definition) is 6. The topological polar surface area (TPSA) is 63.9 Å². The molecule has 0 radical (unpaired) electrons. The van der Waals surface area contributed by atoms with Crippen LogP contribution in [0.1, 0.15) is 37.6 Å². The third-order valence-corrected chi connectivity index (χ3v) is 12.5. The molecular weight excluding hydrogens is 614 g/mol. The van der Waals surface area contributed by atoms with E-state index in [0.29, 0.717) is 49.1 Å². The largest absolute Gasteiger partial charge is 0.416 e. The maximum atomic E-state index is 13.6. The van der Waals surface area contributed by atoms with Crippen LogP contribution >= 0.6 is 22.6 Å². The van der Waals surface area contributed by atoms with E-state index in [1.807, 2.05) is 6.07 Å². The van der Waals surface area contributed by atoms with Gasteiger partial charge in [0, 0.05) is 18.8 Å². The predicted molar refractivity (Wildman–Crippen MR) is 150 cm³/mol. The van der Waals surface area contributed by atoms with Gasteiger partial charge in [0.2, 0.25) is 0 Å². The zero-order valence-electron chi connectivity index (χ0n) is 22.0. The van der Waals surface area contributed by atoms with Crippen LogP contribution in [0.15, 0.2) is 24.3 Å². The molecule has 1 aliphatic rings. The van der Waals surface area contributed by atoms with Gasteiger partial charge in [-0.2, -0.15) is 17.7 Å². The number of imidazole rings is 1. The molecule has 0 saturated carbocycles. The molecule has 0 atom stereocenters. The van der Waals surface area contributed by atoms with Gasteiger partial charge in [0.1, 0.15) is 5.69 Å². The normalized spacial score (nSPS) is 15.5. The van der Waals surface area contributed by atoms with Crippen molar-refractivity contribution >= 4 is 53.9 Å². The molecule has 202 valence electrons. The minimum Gasteiger partial charge on any atom is -0.411 e. The zero-order valence-corrected chi connectivity index (χ0v) is 25.1. The quantitative estimate of drug-likeness (QED) is 0.236. The smallest absolute Gasteiger partial charge is 0.411 e. The first-order chi connectivity index (χ1) is 17.2. The number of alkyl halides is 3. The molecule has 0 aliphatic carbocycles. The van der Waals surface area contributed by atoms with Gasteiger partial charge < -0.3 is 19.4 Å². The highest BCUT2D eigenvalue weighted by Gasteiger charge is 2.38. The molecule has 0 bridgehead atoms. The summed E-state index contributed by atoms with van der Waals surface area (Å²) in [7, 11) is -2.12. The predicted octanol–water partition coefficient (Wildman–Crippen LogP) is 6.76. The average molecular weight is 648 g/mol. The van der Waals surface area contributed by atoms with Gasteiger partial charge >= 0.3 is 6.18 Å². The number of nitrogens with one attached hydrogen (secondary N) is 1. The SMILES string of the molecule is Cc1c(Nc2c(CO[Si](C)(C)C(C)(C)C)nc3c(I)cc(N4CCOCC4)nn23)cccc1C(F)(F)F. The highest BCUT2D eigenvalue weighted by molar-refractivity contribution is 14.1. The van der Waals surface area contributed by atoms with Crippen LogP contribution in [-0.2, 0) is 21.9 Å². The second kappa shape index (κ2) is 10.3. The first-order valence-electron chi connectivity index (χ1n) is 12.2. The summed E-state index contributed by atoms with van der Waals surface area (Å²) >= 11 is 2.23. The molecule has 1 aromatic carbocycles. The number of rotatable bonds is 6. The number of morpholine rings is 1. The second-order valence-corrected chi connectivity index (χ2v) is 16.7. The number of halogens is 4. The minimum atomic E-state index is -4.45. The van der Waals surface area contributed by atoms with Gasteiger partial charge in [-0.1, -0.05) is 26.8 Å². The summed E-state index contributed by atoms with van der Waals surface area (Å²) in [5.41, 5.74) is 1.01. The summed E-state index contributed by atoms with van der Waals surface area (Å²) in [6.45, 7) is 15.1. The fourth-order valence-corrected chi connectivity index (χ4v) is 5.42. The van der Waals surface area contributed by atoms with E-state index in [1.165, 1.54) is 13.0 Å². The lowest BCUT2D eigenvalue weighted by Crippen LogP contribution is -2.40. The molecule has 2 aromatic heterocycles. The molecule has 3 aromatic rings. The molecule has 1 saturated heterocycles. The first-order valence-corrected chi connectivity index (χ1v) is 16.2. The monoisotopic (exact) mass is 647 g/mol. The number of ether oxygens (including phenoxy) is 1. The maximum Gasteiger partial charge on any atom is 0.416 e. The number of fused-ring (bicyclic) bond motifs is 1. The third kappa shape index (κ3) is 5.91. The molecule has 12 heteroatoms. The van der Waals surface area contributed by atoms with Crippen LogP contribution in [-0.4, -0.2) is 49.2 Å². The molecule has 0 spiro atoms. The molecule has 3 heterocycles. The standard InChI is InChI=1S/C25H33F3IN5O2Si/c1-16-17(25(26,27)28)8-7-9-19(16)30-23-20(15-36-37(5,6)24(2,3)4)31-22-18(29)14-21(32-34(22)23)33-10-12-35-13-11-33/h7-9,14,30H,10-13,15H2,1-6H3. The highest BCUT2D eigenvalue weighted by Crippen LogP contribution is 2.39. The van der Waals surface area contributed by atoms with Crippen LogP contribution in [0.4, 0.5) is 30.5 Å². The van der Waals surface area contributed by atoms with Gasteiger partial charge in [-0.05, 0) is 71.4 Å². The van der Waals surface area contributed by atoms with Crippen LogP contribution < -0.4 is 10.2 Å². The minimum absolute atomic E-state index is 0.00639. The van der Waals surface area contributed by atoms with Gasteiger partial charge in [0.05, 0.1) is 29.0 Å². The number of anilines is 3. The van der Waals surface area contributed by atoms with E-state index in [9.17, 15) is 13.2 Å². The molecule has 1 N–H and O–H groups in total. The van der Waals surface area contributed by atoms with E-state index in [2.05, 4.69) is 66.7 Å². The van der Waals surface area contributed by atoms with Crippen LogP contribution in [0.25, 0.3) is 5.65 Å². The van der Waals surface area contributed by atoms with Crippen LogP contribution in [0.5, 0.6) is 0 Å². The van der Waals surface area contributed by atoms with Crippen molar-refractivity contribution < 1.29 is 22.3 Å². The summed E-state index contributed by atoms with van der Waals surface area (Å²) in [6, 6.07) is 6.11. The summed E-state index contributed by atoms with van der Waals surface area (Å²) in [6.07, 6.45) is -4.45. The Bertz CT molecular complexity index is 1280. The van der Waals surface area contributed by atoms with E-state index >= 15 is 0 Å². The first kappa shape index (κ1) is 28.1. The molecule has 1 aliphatic heterocycles. The zero-order chi connectivity index (χ0) is 27.2. The second-order valence-electron chi connectivity index (χ2n) is 10.7. The van der Waals surface area contributed by atoms with Crippen molar-refractivity contribution in [3.05, 3.63) is 44.7 Å². The Morgan fingerprint density at radius 2 is 1.84 bits per heavy atom. The Kier molecular flexibility index (Phi) is 7.86. The Morgan fingerprint density at radius 1 is 1.16 bits per heavy atom. The number of aromatic nitrogens is 3. The third-order valence-electron chi connectivity index (χ3n) is 7.20. The summed E-state index contributed by atoms with van der Waals surface area (Å²) in [5.74, 6) is 1.27. The van der Waals surface area contributed by atoms with Crippen molar-refractivity contribution in [2.24, 2.45) is 0 Å². The Hall–Kier alpha value is -1.90. The number of nitrogens with zero attached hydrogens (tertiary/aromatic N) is 4. The summed E-state index contributed by atoms with van der Waals surface area (Å²) in [4.78, 5) is 6.98. The Labute approximate surface area is 230 Å². The van der Waals surface area contributed by atoms with Crippen molar-refractivity contribution in [2.75, 3.05) is 36.5 Å². The molecular formula is C25H33F3IN5O2Si. The highest BCUT2D eigenvalue weighted by atomic mass is 127. The molecule has 0 unspecified atom stereocenters. The molecule has 7 nitrogen and oxygen atoms in total. The van der Waals surface area contributed by atoms with E-state index < -0.39 is 20.1 Å². The van der Waals surface area contributed by atoms with E-state index in [1.54, 1.807) is 10.6 Å². The van der Waals surface area contributed by atoms with Crippen LogP contribution in [0.3, 0.4) is 0 Å².